The van der Waals surface area contributed by atoms with Crippen LogP contribution in [0.4, 0.5) is 5.69 Å². The first-order chi connectivity index (χ1) is 16.0. The lowest BCUT2D eigenvalue weighted by Crippen LogP contribution is -2.19. The number of benzene rings is 2. The SMILES string of the molecule is CC.CC.COc1cc(N)c2nc(C)sc2c1.Cc1nc2ccc(OC3CCNC3)cc2s1. The van der Waals surface area contributed by atoms with Gasteiger partial charge in [0.2, 0.25) is 0 Å². The maximum Gasteiger partial charge on any atom is 0.122 e. The Bertz CT molecular complexity index is 1130. The highest BCUT2D eigenvalue weighted by Crippen LogP contribution is 2.30. The summed E-state index contributed by atoms with van der Waals surface area (Å²) < 4.78 is 13.3. The Kier molecular flexibility index (Phi) is 10.8. The number of anilines is 1. The molecule has 1 saturated heterocycles. The number of hydrogen-bond donors (Lipinski definition) is 2. The zero-order valence-corrected chi connectivity index (χ0v) is 22.3. The quantitative estimate of drug-likeness (QED) is 0.316. The molecule has 1 atom stereocenters. The van der Waals surface area contributed by atoms with Crippen LogP contribution in [-0.2, 0) is 0 Å². The van der Waals surface area contributed by atoms with Crippen molar-refractivity contribution in [3.8, 4) is 11.5 Å². The van der Waals surface area contributed by atoms with Crippen LogP contribution >= 0.6 is 22.7 Å². The van der Waals surface area contributed by atoms with Crippen LogP contribution in [-0.4, -0.2) is 36.3 Å². The van der Waals surface area contributed by atoms with Gasteiger partial charge in [-0.25, -0.2) is 9.97 Å². The van der Waals surface area contributed by atoms with Crippen molar-refractivity contribution in [2.45, 2.75) is 54.1 Å². The molecule has 0 saturated carbocycles. The summed E-state index contributed by atoms with van der Waals surface area (Å²) in [5.41, 5.74) is 8.44. The fraction of sp³-hybridized carbons (Fsp3) is 0.440. The molecule has 3 N–H and O–H groups in total. The molecule has 5 rings (SSSR count). The van der Waals surface area contributed by atoms with E-state index in [1.54, 1.807) is 35.8 Å². The molecule has 0 amide bonds. The van der Waals surface area contributed by atoms with Gasteiger partial charge in [-0.05, 0) is 51.1 Å². The first-order valence-corrected chi connectivity index (χ1v) is 13.1. The number of nitrogens with one attached hydrogen (secondary N) is 1. The van der Waals surface area contributed by atoms with Gasteiger partial charge in [-0.15, -0.1) is 22.7 Å². The predicted octanol–water partition coefficient (Wildman–Crippen LogP) is 6.59. The van der Waals surface area contributed by atoms with Crippen LogP contribution in [0, 0.1) is 13.8 Å². The maximum absolute atomic E-state index is 5.91. The van der Waals surface area contributed by atoms with E-state index in [2.05, 4.69) is 21.4 Å². The first-order valence-electron chi connectivity index (χ1n) is 11.5. The van der Waals surface area contributed by atoms with Gasteiger partial charge in [0.15, 0.2) is 0 Å². The molecule has 2 aromatic carbocycles. The van der Waals surface area contributed by atoms with Gasteiger partial charge in [0.1, 0.15) is 23.1 Å². The van der Waals surface area contributed by atoms with Gasteiger partial charge in [-0.1, -0.05) is 27.7 Å². The lowest BCUT2D eigenvalue weighted by molar-refractivity contribution is 0.223. The van der Waals surface area contributed by atoms with E-state index in [1.165, 1.54) is 4.70 Å². The van der Waals surface area contributed by atoms with Crippen molar-refractivity contribution in [2.75, 3.05) is 25.9 Å². The highest BCUT2D eigenvalue weighted by molar-refractivity contribution is 7.18. The smallest absolute Gasteiger partial charge is 0.122 e. The lowest BCUT2D eigenvalue weighted by atomic mass is 10.3. The Morgan fingerprint density at radius 2 is 1.61 bits per heavy atom. The van der Waals surface area contributed by atoms with E-state index < -0.39 is 0 Å². The first kappa shape index (κ1) is 26.8. The Labute approximate surface area is 205 Å². The summed E-state index contributed by atoms with van der Waals surface area (Å²) in [5, 5.41) is 5.43. The number of nitrogens with zero attached hydrogens (tertiary/aromatic N) is 2. The summed E-state index contributed by atoms with van der Waals surface area (Å²) in [4.78, 5) is 8.76. The third-order valence-corrected chi connectivity index (χ3v) is 6.48. The van der Waals surface area contributed by atoms with Crippen LogP contribution in [0.3, 0.4) is 0 Å². The lowest BCUT2D eigenvalue weighted by Gasteiger charge is -2.11. The molecule has 33 heavy (non-hydrogen) atoms. The number of methoxy groups -OCH3 is 1. The average Bonchev–Trinajstić information content (AvgIpc) is 3.56. The van der Waals surface area contributed by atoms with E-state index in [-0.39, 0.29) is 0 Å². The molecule has 1 aliphatic heterocycles. The predicted molar refractivity (Wildman–Crippen MR) is 144 cm³/mol. The third-order valence-electron chi connectivity index (χ3n) is 4.63. The van der Waals surface area contributed by atoms with Crippen LogP contribution in [0.15, 0.2) is 30.3 Å². The zero-order valence-electron chi connectivity index (χ0n) is 20.7. The van der Waals surface area contributed by atoms with Crippen LogP contribution in [0.5, 0.6) is 11.5 Å². The molecule has 1 unspecified atom stereocenters. The monoisotopic (exact) mass is 488 g/mol. The van der Waals surface area contributed by atoms with Crippen LogP contribution in [0.1, 0.15) is 44.1 Å². The van der Waals surface area contributed by atoms with E-state index in [4.69, 9.17) is 15.2 Å². The molecule has 1 aliphatic rings. The Morgan fingerprint density at radius 1 is 0.939 bits per heavy atom. The van der Waals surface area contributed by atoms with Gasteiger partial charge in [-0.3, -0.25) is 0 Å². The van der Waals surface area contributed by atoms with Crippen molar-refractivity contribution in [1.29, 1.82) is 0 Å². The molecular weight excluding hydrogens is 452 g/mol. The molecular formula is C25H36N4O2S2. The highest BCUT2D eigenvalue weighted by Gasteiger charge is 2.16. The largest absolute Gasteiger partial charge is 0.497 e. The van der Waals surface area contributed by atoms with E-state index >= 15 is 0 Å². The molecule has 6 nitrogen and oxygen atoms in total. The number of aromatic nitrogens is 2. The van der Waals surface area contributed by atoms with Gasteiger partial charge in [0.25, 0.3) is 0 Å². The molecule has 0 radical (unpaired) electrons. The second-order valence-corrected chi connectivity index (χ2v) is 9.36. The Balaban J connectivity index is 0.000000207. The minimum atomic E-state index is 0.325. The van der Waals surface area contributed by atoms with Crippen molar-refractivity contribution >= 4 is 48.8 Å². The molecule has 180 valence electrons. The number of thiazole rings is 2. The van der Waals surface area contributed by atoms with E-state index in [1.807, 2.05) is 59.7 Å². The number of fused-ring (bicyclic) bond motifs is 2. The average molecular weight is 489 g/mol. The molecule has 0 aliphatic carbocycles. The van der Waals surface area contributed by atoms with Gasteiger partial charge in [0.05, 0.1) is 37.7 Å². The molecule has 0 bridgehead atoms. The molecule has 0 spiro atoms. The second kappa shape index (κ2) is 13.3. The van der Waals surface area contributed by atoms with E-state index in [0.29, 0.717) is 11.8 Å². The maximum atomic E-state index is 5.91. The van der Waals surface area contributed by atoms with Crippen molar-refractivity contribution < 1.29 is 9.47 Å². The summed E-state index contributed by atoms with van der Waals surface area (Å²) in [5.74, 6) is 1.75. The fourth-order valence-electron chi connectivity index (χ4n) is 3.27. The standard InChI is InChI=1S/C12H14N2OS.C9H10N2OS.2C2H6/c1-8-14-11-3-2-9(6-12(11)16-8)15-10-4-5-13-7-10;1-5-11-9-7(10)3-6(12-2)4-8(9)13-5;2*1-2/h2-3,6,10,13H,4-5,7H2,1H3;3-4H,10H2,1-2H3;2*1-2H3. The molecule has 8 heteroatoms. The Hall–Kier alpha value is -2.42. The second-order valence-electron chi connectivity index (χ2n) is 6.89. The minimum Gasteiger partial charge on any atom is -0.497 e. The van der Waals surface area contributed by atoms with E-state index in [9.17, 15) is 0 Å². The van der Waals surface area contributed by atoms with Crippen molar-refractivity contribution in [3.05, 3.63) is 40.3 Å². The molecule has 1 fully saturated rings. The number of ether oxygens (including phenoxy) is 2. The summed E-state index contributed by atoms with van der Waals surface area (Å²) in [6.07, 6.45) is 1.42. The van der Waals surface area contributed by atoms with Gasteiger partial charge in [0, 0.05) is 12.6 Å². The normalized spacial score (nSPS) is 14.5. The number of aryl methyl sites for hydroxylation is 2. The minimum absolute atomic E-state index is 0.325. The zero-order chi connectivity index (χ0) is 24.4. The topological polar surface area (TPSA) is 82.3 Å². The van der Waals surface area contributed by atoms with Crippen molar-refractivity contribution in [2.24, 2.45) is 0 Å². The third kappa shape index (κ3) is 7.28. The fourth-order valence-corrected chi connectivity index (χ4v) is 5.02. The summed E-state index contributed by atoms with van der Waals surface area (Å²) in [6, 6.07) is 9.90. The number of rotatable bonds is 3. The highest BCUT2D eigenvalue weighted by atomic mass is 32.1. The van der Waals surface area contributed by atoms with Gasteiger partial charge < -0.3 is 20.5 Å². The number of hydrogen-bond acceptors (Lipinski definition) is 8. The van der Waals surface area contributed by atoms with Crippen molar-refractivity contribution in [3.63, 3.8) is 0 Å². The van der Waals surface area contributed by atoms with Crippen LogP contribution in [0.2, 0.25) is 0 Å². The molecule has 4 aromatic rings. The summed E-state index contributed by atoms with van der Waals surface area (Å²) in [6.45, 7) is 14.0. The van der Waals surface area contributed by atoms with Crippen LogP contribution in [0.25, 0.3) is 20.4 Å². The summed E-state index contributed by atoms with van der Waals surface area (Å²) in [7, 11) is 1.63. The van der Waals surface area contributed by atoms with Crippen molar-refractivity contribution in [1.82, 2.24) is 15.3 Å². The Morgan fingerprint density at radius 3 is 2.27 bits per heavy atom. The van der Waals surface area contributed by atoms with Crippen LogP contribution < -0.4 is 20.5 Å². The van der Waals surface area contributed by atoms with Gasteiger partial charge >= 0.3 is 0 Å². The molecule has 2 aromatic heterocycles. The van der Waals surface area contributed by atoms with Gasteiger partial charge in [-0.2, -0.15) is 0 Å². The number of nitrogens with two attached hydrogens (primary N) is 1. The van der Waals surface area contributed by atoms with E-state index in [0.717, 1.165) is 56.8 Å². The molecule has 3 heterocycles. The summed E-state index contributed by atoms with van der Waals surface area (Å²) >= 11 is 3.34. The number of nitrogen functional groups attached to an aromatic ring is 1.